The highest BCUT2D eigenvalue weighted by Gasteiger charge is 2.40. The molecular weight excluding hydrogens is 356 g/mol. The van der Waals surface area contributed by atoms with Gasteiger partial charge in [-0.1, -0.05) is 11.6 Å². The van der Waals surface area contributed by atoms with Crippen LogP contribution in [0.1, 0.15) is 12.8 Å². The van der Waals surface area contributed by atoms with Crippen LogP contribution >= 0.6 is 11.6 Å². The van der Waals surface area contributed by atoms with Crippen molar-refractivity contribution in [2.24, 2.45) is 0 Å². The van der Waals surface area contributed by atoms with Crippen molar-refractivity contribution in [3.05, 3.63) is 35.5 Å². The van der Waals surface area contributed by atoms with Crippen molar-refractivity contribution < 1.29 is 14.2 Å². The van der Waals surface area contributed by atoms with Gasteiger partial charge in [-0.2, -0.15) is 4.98 Å². The van der Waals surface area contributed by atoms with Crippen molar-refractivity contribution in [3.63, 3.8) is 0 Å². The number of halogens is 1. The fourth-order valence-corrected chi connectivity index (χ4v) is 3.49. The zero-order valence-corrected chi connectivity index (χ0v) is 15.3. The topological polar surface area (TPSA) is 68.7 Å². The van der Waals surface area contributed by atoms with E-state index in [0.717, 1.165) is 31.6 Å². The summed E-state index contributed by atoms with van der Waals surface area (Å²) in [7, 11) is 1.62. The molecule has 1 aromatic heterocycles. The molecule has 0 aliphatic carbocycles. The average molecular weight is 377 g/mol. The summed E-state index contributed by atoms with van der Waals surface area (Å²) >= 11 is 6.09. The van der Waals surface area contributed by atoms with Crippen LogP contribution in [0.5, 0.6) is 5.75 Å². The Morgan fingerprint density at radius 3 is 2.69 bits per heavy atom. The van der Waals surface area contributed by atoms with E-state index in [1.807, 2.05) is 18.2 Å². The second-order valence-electron chi connectivity index (χ2n) is 6.31. The van der Waals surface area contributed by atoms with Crippen molar-refractivity contribution in [1.29, 1.82) is 0 Å². The Hall–Kier alpha value is -2.09. The second kappa shape index (κ2) is 7.26. The minimum atomic E-state index is -0.402. The smallest absolute Gasteiger partial charge is 0.227 e. The molecule has 7 nitrogen and oxygen atoms in total. The number of aromatic nitrogens is 2. The molecule has 3 heterocycles. The molecule has 0 unspecified atom stereocenters. The third-order valence-corrected chi connectivity index (χ3v) is 4.92. The predicted molar refractivity (Wildman–Crippen MR) is 99.4 cm³/mol. The van der Waals surface area contributed by atoms with E-state index in [-0.39, 0.29) is 0 Å². The molecule has 0 amide bonds. The van der Waals surface area contributed by atoms with E-state index in [2.05, 4.69) is 20.2 Å². The molecule has 2 aliphatic rings. The summed E-state index contributed by atoms with van der Waals surface area (Å²) < 4.78 is 16.9. The van der Waals surface area contributed by atoms with Gasteiger partial charge in [0.05, 0.1) is 26.0 Å². The number of nitrogens with one attached hydrogen (secondary N) is 1. The number of methoxy groups -OCH3 is 1. The molecule has 0 atom stereocenters. The molecule has 1 N–H and O–H groups in total. The molecule has 0 radical (unpaired) electrons. The van der Waals surface area contributed by atoms with Crippen LogP contribution in [-0.4, -0.2) is 49.2 Å². The monoisotopic (exact) mass is 376 g/mol. The van der Waals surface area contributed by atoms with Crippen molar-refractivity contribution in [2.75, 3.05) is 43.6 Å². The van der Waals surface area contributed by atoms with E-state index in [1.165, 1.54) is 0 Å². The predicted octanol–water partition coefficient (Wildman–Crippen LogP) is 3.23. The Morgan fingerprint density at radius 2 is 1.96 bits per heavy atom. The molecule has 0 bridgehead atoms. The van der Waals surface area contributed by atoms with E-state index in [1.54, 1.807) is 19.4 Å². The summed E-state index contributed by atoms with van der Waals surface area (Å²) in [5, 5.41) is 3.88. The van der Waals surface area contributed by atoms with Crippen LogP contribution in [0.15, 0.2) is 30.5 Å². The minimum absolute atomic E-state index is 0.402. The van der Waals surface area contributed by atoms with E-state index in [4.69, 9.17) is 25.8 Å². The van der Waals surface area contributed by atoms with E-state index in [9.17, 15) is 0 Å². The Morgan fingerprint density at radius 1 is 1.19 bits per heavy atom. The van der Waals surface area contributed by atoms with Gasteiger partial charge >= 0.3 is 0 Å². The Bertz CT molecular complexity index is 773. The standard InChI is InChI=1S/C18H21ClN4O3/c1-24-15-3-2-13(19)12-14(15)21-16-4-7-20-17(22-16)23-8-5-18(6-9-23)25-10-11-26-18/h2-4,7,12H,5-6,8-11H2,1H3,(H,20,21,22). The first-order chi connectivity index (χ1) is 12.7. The van der Waals surface area contributed by atoms with Gasteiger partial charge in [0.15, 0.2) is 5.79 Å². The Labute approximate surface area is 157 Å². The summed E-state index contributed by atoms with van der Waals surface area (Å²) in [5.74, 6) is 1.67. The Balaban J connectivity index is 1.48. The zero-order valence-electron chi connectivity index (χ0n) is 14.6. The van der Waals surface area contributed by atoms with Gasteiger partial charge in [-0.15, -0.1) is 0 Å². The van der Waals surface area contributed by atoms with Crippen LogP contribution in [0.25, 0.3) is 0 Å². The number of piperidine rings is 1. The summed E-state index contributed by atoms with van der Waals surface area (Å²) in [4.78, 5) is 11.2. The van der Waals surface area contributed by atoms with E-state index in [0.29, 0.717) is 35.8 Å². The van der Waals surface area contributed by atoms with Gasteiger partial charge in [0.25, 0.3) is 0 Å². The van der Waals surface area contributed by atoms with Crippen LogP contribution in [-0.2, 0) is 9.47 Å². The molecule has 1 aromatic carbocycles. The highest BCUT2D eigenvalue weighted by Crippen LogP contribution is 2.33. The second-order valence-corrected chi connectivity index (χ2v) is 6.74. The van der Waals surface area contributed by atoms with Gasteiger partial charge in [0, 0.05) is 37.2 Å². The molecule has 4 rings (SSSR count). The summed E-state index contributed by atoms with van der Waals surface area (Å²) in [5.41, 5.74) is 0.759. The normalized spacial score (nSPS) is 18.9. The van der Waals surface area contributed by atoms with Crippen LogP contribution in [0.4, 0.5) is 17.5 Å². The maximum Gasteiger partial charge on any atom is 0.227 e. The molecule has 2 fully saturated rings. The first kappa shape index (κ1) is 17.3. The van der Waals surface area contributed by atoms with Gasteiger partial charge < -0.3 is 24.4 Å². The number of ether oxygens (including phenoxy) is 3. The third kappa shape index (κ3) is 3.56. The molecule has 2 aromatic rings. The number of hydrogen-bond donors (Lipinski definition) is 1. The summed E-state index contributed by atoms with van der Waals surface area (Å²) in [6.07, 6.45) is 3.38. The molecular formula is C18H21ClN4O3. The lowest BCUT2D eigenvalue weighted by atomic mass is 10.0. The molecule has 2 saturated heterocycles. The highest BCUT2D eigenvalue weighted by molar-refractivity contribution is 6.31. The number of benzene rings is 1. The number of rotatable bonds is 4. The van der Waals surface area contributed by atoms with Crippen molar-refractivity contribution >= 4 is 29.1 Å². The maximum atomic E-state index is 6.09. The van der Waals surface area contributed by atoms with Crippen molar-refractivity contribution in [3.8, 4) is 5.75 Å². The van der Waals surface area contributed by atoms with Crippen molar-refractivity contribution in [1.82, 2.24) is 9.97 Å². The molecule has 26 heavy (non-hydrogen) atoms. The quantitative estimate of drug-likeness (QED) is 0.878. The lowest BCUT2D eigenvalue weighted by Crippen LogP contribution is -2.45. The highest BCUT2D eigenvalue weighted by atomic mass is 35.5. The average Bonchev–Trinajstić information content (AvgIpc) is 3.11. The first-order valence-electron chi connectivity index (χ1n) is 8.64. The molecule has 138 valence electrons. The molecule has 1 spiro atoms. The molecule has 8 heteroatoms. The van der Waals surface area contributed by atoms with Gasteiger partial charge in [-0.25, -0.2) is 4.98 Å². The van der Waals surface area contributed by atoms with E-state index < -0.39 is 5.79 Å². The maximum absolute atomic E-state index is 6.09. The van der Waals surface area contributed by atoms with Crippen molar-refractivity contribution in [2.45, 2.75) is 18.6 Å². The molecule has 2 aliphatic heterocycles. The lowest BCUT2D eigenvalue weighted by Gasteiger charge is -2.37. The lowest BCUT2D eigenvalue weighted by molar-refractivity contribution is -0.169. The van der Waals surface area contributed by atoms with Crippen LogP contribution in [0.3, 0.4) is 0 Å². The van der Waals surface area contributed by atoms with Crippen LogP contribution < -0.4 is 15.0 Å². The minimum Gasteiger partial charge on any atom is -0.495 e. The Kier molecular flexibility index (Phi) is 4.84. The summed E-state index contributed by atoms with van der Waals surface area (Å²) in [6, 6.07) is 7.23. The van der Waals surface area contributed by atoms with Gasteiger partial charge in [-0.05, 0) is 24.3 Å². The third-order valence-electron chi connectivity index (χ3n) is 4.69. The van der Waals surface area contributed by atoms with Gasteiger partial charge in [0.2, 0.25) is 5.95 Å². The summed E-state index contributed by atoms with van der Waals surface area (Å²) in [6.45, 7) is 2.95. The first-order valence-corrected chi connectivity index (χ1v) is 9.02. The van der Waals surface area contributed by atoms with Gasteiger partial charge in [0.1, 0.15) is 11.6 Å². The fourth-order valence-electron chi connectivity index (χ4n) is 3.32. The fraction of sp³-hybridized carbons (Fsp3) is 0.444. The molecule has 0 saturated carbocycles. The number of hydrogen-bond acceptors (Lipinski definition) is 7. The van der Waals surface area contributed by atoms with Gasteiger partial charge in [-0.3, -0.25) is 0 Å². The number of anilines is 3. The van der Waals surface area contributed by atoms with E-state index >= 15 is 0 Å². The SMILES string of the molecule is COc1ccc(Cl)cc1Nc1ccnc(N2CCC3(CC2)OCCO3)n1. The number of nitrogens with zero attached hydrogens (tertiary/aromatic N) is 3. The largest absolute Gasteiger partial charge is 0.495 e. The van der Waals surface area contributed by atoms with Crippen LogP contribution in [0.2, 0.25) is 5.02 Å². The zero-order chi connectivity index (χ0) is 18.0. The van der Waals surface area contributed by atoms with Crippen LogP contribution in [0, 0.1) is 0 Å².